The van der Waals surface area contributed by atoms with Crippen molar-refractivity contribution in [3.63, 3.8) is 0 Å². The van der Waals surface area contributed by atoms with Crippen molar-refractivity contribution >= 4 is 27.3 Å². The first-order valence-electron chi connectivity index (χ1n) is 8.81. The molecule has 2 N–H and O–H groups in total. The normalized spacial score (nSPS) is 10.9. The molecule has 0 aromatic heterocycles. The molecule has 3 aromatic rings. The first-order valence-corrected chi connectivity index (χ1v) is 10.3. The first-order chi connectivity index (χ1) is 14.4. The lowest BCUT2D eigenvalue weighted by Crippen LogP contribution is -2.20. The minimum atomic E-state index is -3.81. The number of halogens is 1. The topological polar surface area (TPSA) is 93.7 Å². The Labute approximate surface area is 173 Å². The van der Waals surface area contributed by atoms with Crippen LogP contribution in [0.3, 0.4) is 0 Å². The summed E-state index contributed by atoms with van der Waals surface area (Å²) in [6.45, 7) is -0.315. The Bertz CT molecular complexity index is 1130. The molecular formula is C21H19FN2O5S. The molecule has 0 atom stereocenters. The third-order valence-corrected chi connectivity index (χ3v) is 5.33. The van der Waals surface area contributed by atoms with Crippen LogP contribution in [0.1, 0.15) is 0 Å². The molecule has 7 nitrogen and oxygen atoms in total. The Kier molecular flexibility index (Phi) is 6.53. The van der Waals surface area contributed by atoms with E-state index >= 15 is 0 Å². The Morgan fingerprint density at radius 1 is 0.933 bits per heavy atom. The average molecular weight is 430 g/mol. The van der Waals surface area contributed by atoms with Crippen molar-refractivity contribution in [1.82, 2.24) is 0 Å². The van der Waals surface area contributed by atoms with Crippen LogP contribution in [0, 0.1) is 5.82 Å². The summed E-state index contributed by atoms with van der Waals surface area (Å²) in [6, 6.07) is 17.6. The third-order valence-electron chi connectivity index (χ3n) is 3.93. The lowest BCUT2D eigenvalue weighted by atomic mass is 10.3. The molecule has 0 heterocycles. The highest BCUT2D eigenvalue weighted by Gasteiger charge is 2.15. The summed E-state index contributed by atoms with van der Waals surface area (Å²) in [5.74, 6) is -0.106. The van der Waals surface area contributed by atoms with Gasteiger partial charge in [-0.1, -0.05) is 12.1 Å². The fourth-order valence-electron chi connectivity index (χ4n) is 2.53. The van der Waals surface area contributed by atoms with Gasteiger partial charge in [0.1, 0.15) is 17.3 Å². The zero-order chi connectivity index (χ0) is 21.6. The highest BCUT2D eigenvalue weighted by molar-refractivity contribution is 7.92. The van der Waals surface area contributed by atoms with E-state index in [0.717, 1.165) is 0 Å². The SMILES string of the molecule is COc1cccc(NS(=O)(=O)c2ccc(OCC(=O)Nc3cccc(F)c3)cc2)c1. The van der Waals surface area contributed by atoms with Crippen LogP contribution < -0.4 is 19.5 Å². The van der Waals surface area contributed by atoms with E-state index in [9.17, 15) is 17.6 Å². The Morgan fingerprint density at radius 2 is 1.63 bits per heavy atom. The molecule has 0 aliphatic heterocycles. The van der Waals surface area contributed by atoms with E-state index in [1.54, 1.807) is 30.3 Å². The highest BCUT2D eigenvalue weighted by atomic mass is 32.2. The van der Waals surface area contributed by atoms with Gasteiger partial charge in [0.05, 0.1) is 17.7 Å². The third kappa shape index (κ3) is 5.71. The van der Waals surface area contributed by atoms with Gasteiger partial charge >= 0.3 is 0 Å². The number of hydrogen-bond acceptors (Lipinski definition) is 5. The summed E-state index contributed by atoms with van der Waals surface area (Å²) in [7, 11) is -2.32. The predicted octanol–water partition coefficient (Wildman–Crippen LogP) is 3.65. The van der Waals surface area contributed by atoms with Crippen LogP contribution in [-0.2, 0) is 14.8 Å². The molecule has 0 radical (unpaired) electrons. The van der Waals surface area contributed by atoms with Crippen molar-refractivity contribution in [3.05, 3.63) is 78.6 Å². The Hall–Kier alpha value is -3.59. The van der Waals surface area contributed by atoms with E-state index in [2.05, 4.69) is 10.0 Å². The molecule has 1 amide bonds. The second-order valence-electron chi connectivity index (χ2n) is 6.16. The smallest absolute Gasteiger partial charge is 0.262 e. The molecule has 0 saturated carbocycles. The number of carbonyl (C=O) groups excluding carboxylic acids is 1. The minimum Gasteiger partial charge on any atom is -0.497 e. The van der Waals surface area contributed by atoms with Crippen LogP contribution in [0.25, 0.3) is 0 Å². The molecule has 0 fully saturated rings. The number of ether oxygens (including phenoxy) is 2. The van der Waals surface area contributed by atoms with E-state index < -0.39 is 21.7 Å². The number of anilines is 2. The van der Waals surface area contributed by atoms with E-state index in [1.165, 1.54) is 49.6 Å². The van der Waals surface area contributed by atoms with Crippen molar-refractivity contribution in [3.8, 4) is 11.5 Å². The fourth-order valence-corrected chi connectivity index (χ4v) is 3.58. The van der Waals surface area contributed by atoms with Crippen molar-refractivity contribution in [1.29, 1.82) is 0 Å². The van der Waals surface area contributed by atoms with Crippen LogP contribution in [0.5, 0.6) is 11.5 Å². The van der Waals surface area contributed by atoms with E-state index in [4.69, 9.17) is 9.47 Å². The van der Waals surface area contributed by atoms with Crippen LogP contribution in [0.4, 0.5) is 15.8 Å². The summed E-state index contributed by atoms with van der Waals surface area (Å²) in [5.41, 5.74) is 0.678. The predicted molar refractivity (Wildman–Crippen MR) is 111 cm³/mol. The number of rotatable bonds is 8. The number of hydrogen-bond donors (Lipinski definition) is 2. The Balaban J connectivity index is 1.59. The van der Waals surface area contributed by atoms with Gasteiger partial charge < -0.3 is 14.8 Å². The zero-order valence-corrected chi connectivity index (χ0v) is 16.8. The van der Waals surface area contributed by atoms with Crippen molar-refractivity contribution in [2.75, 3.05) is 23.8 Å². The number of sulfonamides is 1. The fraction of sp³-hybridized carbons (Fsp3) is 0.0952. The maximum atomic E-state index is 13.1. The maximum absolute atomic E-state index is 13.1. The van der Waals surface area contributed by atoms with Gasteiger partial charge in [0, 0.05) is 11.8 Å². The molecule has 30 heavy (non-hydrogen) atoms. The largest absolute Gasteiger partial charge is 0.497 e. The van der Waals surface area contributed by atoms with Gasteiger partial charge in [-0.2, -0.15) is 0 Å². The molecule has 0 saturated heterocycles. The molecule has 0 aliphatic rings. The van der Waals surface area contributed by atoms with E-state index in [-0.39, 0.29) is 11.5 Å². The minimum absolute atomic E-state index is 0.0295. The van der Waals surface area contributed by atoms with Gasteiger partial charge in [-0.05, 0) is 54.6 Å². The molecule has 156 valence electrons. The Morgan fingerprint density at radius 3 is 2.33 bits per heavy atom. The van der Waals surface area contributed by atoms with Crippen LogP contribution in [0.2, 0.25) is 0 Å². The number of nitrogens with one attached hydrogen (secondary N) is 2. The number of benzene rings is 3. The lowest BCUT2D eigenvalue weighted by molar-refractivity contribution is -0.118. The second-order valence-corrected chi connectivity index (χ2v) is 7.84. The van der Waals surface area contributed by atoms with Crippen LogP contribution >= 0.6 is 0 Å². The average Bonchev–Trinajstić information content (AvgIpc) is 2.72. The van der Waals surface area contributed by atoms with Gasteiger partial charge in [0.15, 0.2) is 6.61 Å². The van der Waals surface area contributed by atoms with Crippen LogP contribution in [0.15, 0.2) is 77.7 Å². The van der Waals surface area contributed by atoms with E-state index in [0.29, 0.717) is 22.9 Å². The quantitative estimate of drug-likeness (QED) is 0.569. The maximum Gasteiger partial charge on any atom is 0.262 e. The molecule has 3 rings (SSSR count). The van der Waals surface area contributed by atoms with Gasteiger partial charge in [-0.25, -0.2) is 12.8 Å². The molecule has 3 aromatic carbocycles. The summed E-state index contributed by atoms with van der Waals surface area (Å²) < 4.78 is 51.1. The summed E-state index contributed by atoms with van der Waals surface area (Å²) >= 11 is 0. The first kappa shape index (κ1) is 21.1. The molecule has 0 unspecified atom stereocenters. The highest BCUT2D eigenvalue weighted by Crippen LogP contribution is 2.22. The molecule has 0 aliphatic carbocycles. The van der Waals surface area contributed by atoms with Crippen LogP contribution in [-0.4, -0.2) is 28.0 Å². The summed E-state index contributed by atoms with van der Waals surface area (Å²) in [6.07, 6.45) is 0. The van der Waals surface area contributed by atoms with Gasteiger partial charge in [-0.3, -0.25) is 9.52 Å². The summed E-state index contributed by atoms with van der Waals surface area (Å²) in [5, 5.41) is 2.51. The van der Waals surface area contributed by atoms with Crippen molar-refractivity contribution in [2.45, 2.75) is 4.90 Å². The molecular weight excluding hydrogens is 411 g/mol. The van der Waals surface area contributed by atoms with Gasteiger partial charge in [0.25, 0.3) is 15.9 Å². The standard InChI is InChI=1S/C21H19FN2O5S/c1-28-19-7-3-6-17(13-19)24-30(26,27)20-10-8-18(9-11-20)29-14-21(25)23-16-5-2-4-15(22)12-16/h2-13,24H,14H2,1H3,(H,23,25). The lowest BCUT2D eigenvalue weighted by Gasteiger charge is -2.11. The van der Waals surface area contributed by atoms with E-state index in [1.807, 2.05) is 0 Å². The van der Waals surface area contributed by atoms with Gasteiger partial charge in [0.2, 0.25) is 0 Å². The summed E-state index contributed by atoms with van der Waals surface area (Å²) in [4.78, 5) is 11.9. The monoisotopic (exact) mass is 430 g/mol. The molecule has 9 heteroatoms. The second kappa shape index (κ2) is 9.27. The molecule has 0 spiro atoms. The number of amides is 1. The number of methoxy groups -OCH3 is 1. The van der Waals surface area contributed by atoms with Crippen molar-refractivity contribution in [2.24, 2.45) is 0 Å². The van der Waals surface area contributed by atoms with Crippen molar-refractivity contribution < 1.29 is 27.1 Å². The van der Waals surface area contributed by atoms with Gasteiger partial charge in [-0.15, -0.1) is 0 Å². The number of carbonyl (C=O) groups is 1. The zero-order valence-electron chi connectivity index (χ0n) is 16.0. The molecule has 0 bridgehead atoms.